The fourth-order valence-corrected chi connectivity index (χ4v) is 7.76. The van der Waals surface area contributed by atoms with Gasteiger partial charge in [-0.3, -0.25) is 0 Å². The Bertz CT molecular complexity index is 2570. The molecule has 46 heavy (non-hydrogen) atoms. The minimum absolute atomic E-state index is 0.245. The van der Waals surface area contributed by atoms with Crippen molar-refractivity contribution in [1.82, 2.24) is 0 Å². The average Bonchev–Trinajstić information content (AvgIpc) is 3.55. The van der Waals surface area contributed by atoms with E-state index >= 15 is 0 Å². The predicted molar refractivity (Wildman–Crippen MR) is 197 cm³/mol. The summed E-state index contributed by atoms with van der Waals surface area (Å²) in [6.45, 7) is 14.0. The van der Waals surface area contributed by atoms with Gasteiger partial charge in [-0.25, -0.2) is 0 Å². The van der Waals surface area contributed by atoms with Crippen molar-refractivity contribution in [3.63, 3.8) is 0 Å². The number of allylic oxidation sites excluding steroid dienone is 4. The molecule has 1 nitrogen and oxygen atoms in total. The average molecular weight is 589 g/mol. The molecule has 1 aliphatic rings. The highest BCUT2D eigenvalue weighted by atomic mass is 16.3. The van der Waals surface area contributed by atoms with Crippen LogP contribution in [-0.4, -0.2) is 0 Å². The van der Waals surface area contributed by atoms with Crippen molar-refractivity contribution in [3.05, 3.63) is 169 Å². The zero-order valence-electron chi connectivity index (χ0n) is 26.0. The molecule has 0 aliphatic heterocycles. The summed E-state index contributed by atoms with van der Waals surface area (Å²) in [7, 11) is 0. The molecule has 0 saturated carbocycles. The van der Waals surface area contributed by atoms with Crippen LogP contribution in [0.3, 0.4) is 0 Å². The van der Waals surface area contributed by atoms with E-state index in [1.54, 1.807) is 0 Å². The first-order valence-electron chi connectivity index (χ1n) is 15.9. The van der Waals surface area contributed by atoms with Crippen LogP contribution >= 0.6 is 0 Å². The van der Waals surface area contributed by atoms with Crippen LogP contribution in [0.25, 0.3) is 76.5 Å². The quantitative estimate of drug-likeness (QED) is 0.187. The molecule has 0 unspecified atom stereocenters. The molecule has 1 heterocycles. The van der Waals surface area contributed by atoms with Gasteiger partial charge >= 0.3 is 0 Å². The van der Waals surface area contributed by atoms with E-state index in [4.69, 9.17) is 11.0 Å². The molecule has 8 aromatic rings. The van der Waals surface area contributed by atoms with Crippen LogP contribution in [0.15, 0.2) is 157 Å². The Morgan fingerprint density at radius 3 is 1.93 bits per heavy atom. The van der Waals surface area contributed by atoms with Gasteiger partial charge in [-0.1, -0.05) is 130 Å². The molecule has 0 amide bonds. The second kappa shape index (κ2) is 9.67. The lowest BCUT2D eigenvalue weighted by molar-refractivity contribution is 0.662. The Kier molecular flexibility index (Phi) is 5.62. The largest absolute Gasteiger partial charge is 0.455 e. The van der Waals surface area contributed by atoms with Gasteiger partial charge in [0.1, 0.15) is 11.2 Å². The van der Waals surface area contributed by atoms with E-state index in [0.29, 0.717) is 0 Å². The molecular formula is C45H32O. The van der Waals surface area contributed by atoms with Gasteiger partial charge in [-0.05, 0) is 102 Å². The Morgan fingerprint density at radius 2 is 1.24 bits per heavy atom. The normalized spacial score (nSPS) is 15.1. The third kappa shape index (κ3) is 3.69. The number of furan rings is 1. The molecule has 1 heteroatoms. The summed E-state index contributed by atoms with van der Waals surface area (Å²) in [6.07, 6.45) is 2.28. The van der Waals surface area contributed by atoms with Crippen LogP contribution in [0.2, 0.25) is 0 Å². The van der Waals surface area contributed by atoms with E-state index in [0.717, 1.165) is 49.4 Å². The van der Waals surface area contributed by atoms with Crippen LogP contribution in [0.4, 0.5) is 0 Å². The van der Waals surface area contributed by atoms with Crippen LogP contribution in [0.1, 0.15) is 30.5 Å². The van der Waals surface area contributed by atoms with Crippen LogP contribution in [-0.2, 0) is 5.41 Å². The summed E-state index contributed by atoms with van der Waals surface area (Å²) >= 11 is 0. The van der Waals surface area contributed by atoms with Crippen LogP contribution in [0.5, 0.6) is 0 Å². The molecule has 0 atom stereocenters. The molecular weight excluding hydrogens is 556 g/mol. The van der Waals surface area contributed by atoms with E-state index in [9.17, 15) is 0 Å². The second-order valence-electron chi connectivity index (χ2n) is 13.1. The number of hydrogen-bond acceptors (Lipinski definition) is 1. The zero-order valence-corrected chi connectivity index (χ0v) is 26.0. The maximum Gasteiger partial charge on any atom is 0.143 e. The molecule has 0 radical (unpaired) electrons. The summed E-state index contributed by atoms with van der Waals surface area (Å²) in [5.41, 5.74) is 11.0. The number of benzene rings is 7. The lowest BCUT2D eigenvalue weighted by Gasteiger charge is -2.21. The van der Waals surface area contributed by atoms with Crippen molar-refractivity contribution in [1.29, 1.82) is 0 Å². The van der Waals surface area contributed by atoms with Gasteiger partial charge in [-0.15, -0.1) is 0 Å². The number of para-hydroxylation sites is 1. The van der Waals surface area contributed by atoms with Crippen molar-refractivity contribution in [3.8, 4) is 11.1 Å². The molecule has 0 fully saturated rings. The Balaban J connectivity index is 1.27. The summed E-state index contributed by atoms with van der Waals surface area (Å²) in [4.78, 5) is 0. The number of fused-ring (bicyclic) bond motifs is 8. The van der Waals surface area contributed by atoms with Crippen molar-refractivity contribution in [2.45, 2.75) is 19.3 Å². The topological polar surface area (TPSA) is 13.1 Å². The summed E-state index contributed by atoms with van der Waals surface area (Å²) in [5.74, 6) is 0. The number of hydrogen-bond donors (Lipinski definition) is 0. The van der Waals surface area contributed by atoms with Crippen molar-refractivity contribution in [2.75, 3.05) is 0 Å². The van der Waals surface area contributed by atoms with Gasteiger partial charge in [0.2, 0.25) is 0 Å². The number of rotatable bonds is 3. The van der Waals surface area contributed by atoms with Gasteiger partial charge in [-0.2, -0.15) is 0 Å². The highest BCUT2D eigenvalue weighted by molar-refractivity contribution is 6.20. The lowest BCUT2D eigenvalue weighted by Crippen LogP contribution is -2.14. The Morgan fingerprint density at radius 1 is 0.630 bits per heavy atom. The minimum atomic E-state index is -0.245. The third-order valence-electron chi connectivity index (χ3n) is 10.2. The minimum Gasteiger partial charge on any atom is -0.455 e. The second-order valence-corrected chi connectivity index (χ2v) is 13.1. The fourth-order valence-electron chi connectivity index (χ4n) is 7.76. The Hall–Kier alpha value is -5.66. The molecule has 218 valence electrons. The summed E-state index contributed by atoms with van der Waals surface area (Å²) in [5, 5.41) is 9.48. The fraction of sp³-hybridized carbons (Fsp3) is 0.0667. The van der Waals surface area contributed by atoms with Gasteiger partial charge in [0.25, 0.3) is 0 Å². The lowest BCUT2D eigenvalue weighted by atomic mass is 9.82. The molecule has 0 bridgehead atoms. The summed E-state index contributed by atoms with van der Waals surface area (Å²) < 4.78 is 6.44. The van der Waals surface area contributed by atoms with E-state index in [2.05, 4.69) is 142 Å². The highest BCUT2D eigenvalue weighted by Crippen LogP contribution is 2.52. The van der Waals surface area contributed by atoms with Gasteiger partial charge < -0.3 is 4.42 Å². The first kappa shape index (κ1) is 26.7. The maximum absolute atomic E-state index is 6.44. The summed E-state index contributed by atoms with van der Waals surface area (Å²) in [6, 6.07) is 45.6. The zero-order chi connectivity index (χ0) is 31.2. The maximum atomic E-state index is 6.44. The van der Waals surface area contributed by atoms with E-state index in [-0.39, 0.29) is 5.41 Å². The first-order chi connectivity index (χ1) is 22.4. The van der Waals surface area contributed by atoms with Crippen molar-refractivity contribution >= 4 is 65.4 Å². The SMILES string of the molecule is C=C(/C=C1\C(=C)C(C)(C)c2cc3c(ccc4c5ccccc5oc34)cc21)c1c2ccccc2c(-c2ccccc2)c2ccccc12. The van der Waals surface area contributed by atoms with E-state index in [1.807, 2.05) is 12.1 Å². The Labute approximate surface area is 268 Å². The molecule has 1 aromatic heterocycles. The highest BCUT2D eigenvalue weighted by Gasteiger charge is 2.37. The molecule has 9 rings (SSSR count). The molecule has 0 N–H and O–H groups in total. The van der Waals surface area contributed by atoms with E-state index in [1.165, 1.54) is 49.4 Å². The predicted octanol–water partition coefficient (Wildman–Crippen LogP) is 12.7. The van der Waals surface area contributed by atoms with Gasteiger partial charge in [0.05, 0.1) is 0 Å². The molecule has 0 saturated heterocycles. The van der Waals surface area contributed by atoms with E-state index < -0.39 is 0 Å². The molecule has 1 aliphatic carbocycles. The first-order valence-corrected chi connectivity index (χ1v) is 15.9. The smallest absolute Gasteiger partial charge is 0.143 e. The van der Waals surface area contributed by atoms with Crippen LogP contribution in [0, 0.1) is 0 Å². The molecule has 7 aromatic carbocycles. The van der Waals surface area contributed by atoms with Crippen molar-refractivity contribution in [2.24, 2.45) is 0 Å². The standard InChI is InChI=1S/C45H32O/c1-27(42-32-17-8-10-19-34(32)43(29-14-6-5-7-15-29)35-20-11-9-18-33(35)42)24-37-28(2)45(3,4)40-26-38-30(25-39(37)40)22-23-36-31-16-12-13-21-41(31)46-44(36)38/h5-26H,1-2H2,3-4H3/b37-24+. The van der Waals surface area contributed by atoms with Gasteiger partial charge in [0, 0.05) is 21.6 Å². The monoisotopic (exact) mass is 588 g/mol. The third-order valence-corrected chi connectivity index (χ3v) is 10.2. The van der Waals surface area contributed by atoms with Crippen molar-refractivity contribution < 1.29 is 4.42 Å². The van der Waals surface area contributed by atoms with Gasteiger partial charge in [0.15, 0.2) is 0 Å². The van der Waals surface area contributed by atoms with Crippen LogP contribution < -0.4 is 0 Å². The molecule has 0 spiro atoms.